The number of hydrogen-bond acceptors (Lipinski definition) is 7. The Hall–Kier alpha value is -1.09. The first kappa shape index (κ1) is 11.0. The van der Waals surface area contributed by atoms with E-state index in [-0.39, 0.29) is 12.5 Å². The summed E-state index contributed by atoms with van der Waals surface area (Å²) in [7, 11) is 0. The van der Waals surface area contributed by atoms with Crippen LogP contribution in [0.1, 0.15) is 29.3 Å². The third-order valence-electron chi connectivity index (χ3n) is 2.83. The van der Waals surface area contributed by atoms with Crippen molar-refractivity contribution in [2.75, 3.05) is 19.8 Å². The summed E-state index contributed by atoms with van der Waals surface area (Å²) in [4.78, 5) is 0.689. The second kappa shape index (κ2) is 4.30. The van der Waals surface area contributed by atoms with Gasteiger partial charge in [-0.05, 0) is 6.42 Å². The average molecular weight is 255 g/mol. The maximum Gasteiger partial charge on any atom is 0.234 e. The summed E-state index contributed by atoms with van der Waals surface area (Å²) in [5.74, 6) is 1.05. The molecular weight excluding hydrogens is 242 g/mol. The normalized spacial score (nSPS) is 22.4. The lowest BCUT2D eigenvalue weighted by atomic mass is 10.1. The SMILES string of the molecule is NCC(O)c1nn2c(C3CCOC3)nnc2s1. The van der Waals surface area contributed by atoms with E-state index >= 15 is 0 Å². The van der Waals surface area contributed by atoms with Crippen molar-refractivity contribution in [1.29, 1.82) is 0 Å². The molecule has 0 aromatic carbocycles. The number of fused-ring (bicyclic) bond motifs is 1. The van der Waals surface area contributed by atoms with Gasteiger partial charge in [-0.3, -0.25) is 0 Å². The molecule has 3 heterocycles. The van der Waals surface area contributed by atoms with Crippen LogP contribution in [0.2, 0.25) is 0 Å². The van der Waals surface area contributed by atoms with Crippen molar-refractivity contribution in [3.8, 4) is 0 Å². The van der Waals surface area contributed by atoms with Gasteiger partial charge in [-0.1, -0.05) is 11.3 Å². The van der Waals surface area contributed by atoms with Crippen molar-refractivity contribution in [2.45, 2.75) is 18.4 Å². The van der Waals surface area contributed by atoms with Crippen molar-refractivity contribution in [3.05, 3.63) is 10.8 Å². The van der Waals surface area contributed by atoms with Crippen LogP contribution < -0.4 is 5.73 Å². The quantitative estimate of drug-likeness (QED) is 0.780. The van der Waals surface area contributed by atoms with Crippen LogP contribution in [0.15, 0.2) is 0 Å². The molecule has 0 radical (unpaired) electrons. The van der Waals surface area contributed by atoms with Gasteiger partial charge in [0, 0.05) is 19.1 Å². The van der Waals surface area contributed by atoms with Crippen molar-refractivity contribution >= 4 is 16.3 Å². The standard InChI is InChI=1S/C9H13N5O2S/c10-3-6(15)8-13-14-7(5-1-2-16-4-5)11-12-9(14)17-8/h5-6,15H,1-4,10H2. The largest absolute Gasteiger partial charge is 0.385 e. The fourth-order valence-electron chi connectivity index (χ4n) is 1.88. The number of aliphatic hydroxyl groups is 1. The van der Waals surface area contributed by atoms with E-state index in [0.29, 0.717) is 16.6 Å². The van der Waals surface area contributed by atoms with Crippen LogP contribution in [-0.2, 0) is 4.74 Å². The molecule has 1 fully saturated rings. The van der Waals surface area contributed by atoms with E-state index in [4.69, 9.17) is 10.5 Å². The fraction of sp³-hybridized carbons (Fsp3) is 0.667. The number of hydrogen-bond donors (Lipinski definition) is 2. The molecule has 2 aromatic heterocycles. The second-order valence-corrected chi connectivity index (χ2v) is 4.99. The first-order chi connectivity index (χ1) is 8.29. The lowest BCUT2D eigenvalue weighted by Gasteiger charge is -2.03. The third-order valence-corrected chi connectivity index (χ3v) is 3.83. The zero-order valence-electron chi connectivity index (χ0n) is 9.11. The lowest BCUT2D eigenvalue weighted by Crippen LogP contribution is -2.12. The van der Waals surface area contributed by atoms with Crippen LogP contribution in [0, 0.1) is 0 Å². The summed E-state index contributed by atoms with van der Waals surface area (Å²) >= 11 is 1.32. The maximum atomic E-state index is 9.64. The average Bonchev–Trinajstić information content (AvgIpc) is 3.02. The molecule has 2 aromatic rings. The number of aromatic nitrogens is 4. The van der Waals surface area contributed by atoms with E-state index in [1.54, 1.807) is 4.52 Å². The minimum absolute atomic E-state index is 0.159. The number of aliphatic hydroxyl groups excluding tert-OH is 1. The Kier molecular flexibility index (Phi) is 2.79. The van der Waals surface area contributed by atoms with Crippen LogP contribution >= 0.6 is 11.3 Å². The highest BCUT2D eigenvalue weighted by atomic mass is 32.1. The van der Waals surface area contributed by atoms with Crippen molar-refractivity contribution in [3.63, 3.8) is 0 Å². The summed E-state index contributed by atoms with van der Waals surface area (Å²) in [5, 5.41) is 22.7. The topological polar surface area (TPSA) is 98.6 Å². The minimum Gasteiger partial charge on any atom is -0.385 e. The van der Waals surface area contributed by atoms with E-state index in [9.17, 15) is 5.11 Å². The van der Waals surface area contributed by atoms with E-state index in [0.717, 1.165) is 18.9 Å². The van der Waals surface area contributed by atoms with Gasteiger partial charge < -0.3 is 15.6 Å². The first-order valence-corrected chi connectivity index (χ1v) is 6.29. The van der Waals surface area contributed by atoms with Crippen molar-refractivity contribution in [2.24, 2.45) is 5.73 Å². The Morgan fingerprint density at radius 1 is 1.59 bits per heavy atom. The van der Waals surface area contributed by atoms with Gasteiger partial charge in [0.25, 0.3) is 0 Å². The molecule has 0 saturated carbocycles. The molecule has 2 unspecified atom stereocenters. The molecule has 0 aliphatic carbocycles. The minimum atomic E-state index is -0.727. The van der Waals surface area contributed by atoms with Gasteiger partial charge in [0.2, 0.25) is 4.96 Å². The highest BCUT2D eigenvalue weighted by Gasteiger charge is 2.25. The Bertz CT molecular complexity index is 518. The van der Waals surface area contributed by atoms with Gasteiger partial charge in [0.15, 0.2) is 5.82 Å². The summed E-state index contributed by atoms with van der Waals surface area (Å²) in [6, 6.07) is 0. The second-order valence-electron chi connectivity index (χ2n) is 4.00. The summed E-state index contributed by atoms with van der Waals surface area (Å²) in [6.45, 7) is 1.57. The Labute approximate surface area is 101 Å². The smallest absolute Gasteiger partial charge is 0.234 e. The number of nitrogens with zero attached hydrogens (tertiary/aromatic N) is 4. The predicted molar refractivity (Wildman–Crippen MR) is 60.9 cm³/mol. The zero-order valence-corrected chi connectivity index (χ0v) is 9.93. The van der Waals surface area contributed by atoms with Gasteiger partial charge in [0.05, 0.1) is 6.61 Å². The third kappa shape index (κ3) is 1.82. The summed E-state index contributed by atoms with van der Waals surface area (Å²) in [6.07, 6.45) is 0.210. The number of ether oxygens (including phenoxy) is 1. The van der Waals surface area contributed by atoms with E-state index in [2.05, 4.69) is 15.3 Å². The molecule has 3 rings (SSSR count). The first-order valence-electron chi connectivity index (χ1n) is 5.47. The van der Waals surface area contributed by atoms with Crippen LogP contribution in [0.5, 0.6) is 0 Å². The molecule has 1 aliphatic rings. The maximum absolute atomic E-state index is 9.64. The molecule has 3 N–H and O–H groups in total. The highest BCUT2D eigenvalue weighted by Crippen LogP contribution is 2.26. The number of nitrogens with two attached hydrogens (primary N) is 1. The molecule has 0 spiro atoms. The molecule has 0 bridgehead atoms. The summed E-state index contributed by atoms with van der Waals surface area (Å²) < 4.78 is 7.02. The molecule has 7 nitrogen and oxygen atoms in total. The molecular formula is C9H13N5O2S. The van der Waals surface area contributed by atoms with Crippen LogP contribution in [0.3, 0.4) is 0 Å². The van der Waals surface area contributed by atoms with E-state index in [1.165, 1.54) is 11.3 Å². The van der Waals surface area contributed by atoms with Crippen molar-refractivity contribution < 1.29 is 9.84 Å². The lowest BCUT2D eigenvalue weighted by molar-refractivity contribution is 0.184. The van der Waals surface area contributed by atoms with Gasteiger partial charge in [-0.2, -0.15) is 9.61 Å². The van der Waals surface area contributed by atoms with Crippen LogP contribution in [-0.4, -0.2) is 44.7 Å². The molecule has 8 heteroatoms. The van der Waals surface area contributed by atoms with Gasteiger partial charge in [0.1, 0.15) is 11.1 Å². The molecule has 2 atom stereocenters. The van der Waals surface area contributed by atoms with Gasteiger partial charge in [-0.25, -0.2) is 0 Å². The van der Waals surface area contributed by atoms with Crippen LogP contribution in [0.4, 0.5) is 0 Å². The Balaban J connectivity index is 1.99. The highest BCUT2D eigenvalue weighted by molar-refractivity contribution is 7.16. The van der Waals surface area contributed by atoms with Gasteiger partial charge >= 0.3 is 0 Å². The van der Waals surface area contributed by atoms with Crippen LogP contribution in [0.25, 0.3) is 4.96 Å². The Morgan fingerprint density at radius 2 is 2.47 bits per heavy atom. The Morgan fingerprint density at radius 3 is 3.18 bits per heavy atom. The van der Waals surface area contributed by atoms with E-state index < -0.39 is 6.10 Å². The van der Waals surface area contributed by atoms with Gasteiger partial charge in [-0.15, -0.1) is 10.2 Å². The molecule has 92 valence electrons. The monoisotopic (exact) mass is 255 g/mol. The fourth-order valence-corrected chi connectivity index (χ4v) is 2.72. The molecule has 1 saturated heterocycles. The zero-order chi connectivity index (χ0) is 11.8. The van der Waals surface area contributed by atoms with Crippen molar-refractivity contribution in [1.82, 2.24) is 19.8 Å². The number of rotatable bonds is 3. The molecule has 1 aliphatic heterocycles. The summed E-state index contributed by atoms with van der Waals surface area (Å²) in [5.41, 5.74) is 5.41. The predicted octanol–water partition coefficient (Wildman–Crippen LogP) is -0.318. The van der Waals surface area contributed by atoms with E-state index in [1.807, 2.05) is 0 Å². The molecule has 0 amide bonds. The molecule has 17 heavy (non-hydrogen) atoms.